The molecule has 3 rings (SSSR count). The SMILES string of the molecule is COC(=O)C1C2CCN1C(c1ncccc1Cl)C2. The maximum absolute atomic E-state index is 11.8. The van der Waals surface area contributed by atoms with E-state index in [-0.39, 0.29) is 18.1 Å². The Balaban J connectivity index is 1.90. The molecule has 0 aliphatic carbocycles. The molecule has 2 bridgehead atoms. The normalized spacial score (nSPS) is 33.7. The zero-order valence-electron chi connectivity index (χ0n) is 10.2. The van der Waals surface area contributed by atoms with Crippen molar-refractivity contribution in [2.45, 2.75) is 24.9 Å². The molecule has 0 amide bonds. The van der Waals surface area contributed by atoms with Crippen LogP contribution in [0.5, 0.6) is 0 Å². The van der Waals surface area contributed by atoms with E-state index in [1.807, 2.05) is 12.1 Å². The van der Waals surface area contributed by atoms with Crippen LogP contribution < -0.4 is 0 Å². The fourth-order valence-electron chi connectivity index (χ4n) is 3.26. The van der Waals surface area contributed by atoms with Gasteiger partial charge in [-0.25, -0.2) is 0 Å². The molecular formula is C13H15ClN2O2. The first-order valence-corrected chi connectivity index (χ1v) is 6.54. The lowest BCUT2D eigenvalue weighted by molar-refractivity contribution is -0.146. The summed E-state index contributed by atoms with van der Waals surface area (Å²) in [6.45, 7) is 0.919. The molecular weight excluding hydrogens is 252 g/mol. The Bertz CT molecular complexity index is 480. The van der Waals surface area contributed by atoms with Gasteiger partial charge in [-0.2, -0.15) is 0 Å². The van der Waals surface area contributed by atoms with Crippen molar-refractivity contribution >= 4 is 17.6 Å². The first-order valence-electron chi connectivity index (χ1n) is 6.16. The first kappa shape index (κ1) is 11.9. The molecule has 1 aromatic rings. The van der Waals surface area contributed by atoms with Gasteiger partial charge < -0.3 is 4.74 Å². The number of nitrogens with zero attached hydrogens (tertiary/aromatic N) is 2. The number of hydrogen-bond donors (Lipinski definition) is 0. The van der Waals surface area contributed by atoms with E-state index in [2.05, 4.69) is 9.88 Å². The van der Waals surface area contributed by atoms with E-state index >= 15 is 0 Å². The number of rotatable bonds is 2. The lowest BCUT2D eigenvalue weighted by Gasteiger charge is -2.26. The van der Waals surface area contributed by atoms with E-state index in [9.17, 15) is 4.79 Å². The number of piperidine rings is 1. The summed E-state index contributed by atoms with van der Waals surface area (Å²) in [5.41, 5.74) is 0.885. The highest BCUT2D eigenvalue weighted by Crippen LogP contribution is 2.47. The Labute approximate surface area is 111 Å². The Hall–Kier alpha value is -1.13. The molecule has 0 radical (unpaired) electrons. The Morgan fingerprint density at radius 3 is 3.17 bits per heavy atom. The third-order valence-corrected chi connectivity index (χ3v) is 4.35. The van der Waals surface area contributed by atoms with Crippen molar-refractivity contribution in [2.24, 2.45) is 5.92 Å². The van der Waals surface area contributed by atoms with Crippen molar-refractivity contribution in [1.29, 1.82) is 0 Å². The average Bonchev–Trinajstić information content (AvgIpc) is 2.96. The Morgan fingerprint density at radius 1 is 1.61 bits per heavy atom. The molecule has 0 N–H and O–H groups in total. The van der Waals surface area contributed by atoms with Crippen LogP contribution in [-0.2, 0) is 9.53 Å². The topological polar surface area (TPSA) is 42.4 Å². The quantitative estimate of drug-likeness (QED) is 0.769. The van der Waals surface area contributed by atoms with Crippen molar-refractivity contribution in [3.05, 3.63) is 29.0 Å². The van der Waals surface area contributed by atoms with Gasteiger partial charge in [-0.1, -0.05) is 11.6 Å². The minimum absolute atomic E-state index is 0.113. The van der Waals surface area contributed by atoms with Gasteiger partial charge in [0, 0.05) is 12.7 Å². The smallest absolute Gasteiger partial charge is 0.323 e. The summed E-state index contributed by atoms with van der Waals surface area (Å²) < 4.78 is 4.90. The van der Waals surface area contributed by atoms with Crippen LogP contribution in [0.15, 0.2) is 18.3 Å². The lowest BCUT2D eigenvalue weighted by Crippen LogP contribution is -2.36. The monoisotopic (exact) mass is 266 g/mol. The van der Waals surface area contributed by atoms with Gasteiger partial charge >= 0.3 is 5.97 Å². The van der Waals surface area contributed by atoms with Crippen LogP contribution >= 0.6 is 11.6 Å². The third kappa shape index (κ3) is 1.71. The van der Waals surface area contributed by atoms with Crippen molar-refractivity contribution < 1.29 is 9.53 Å². The summed E-state index contributed by atoms with van der Waals surface area (Å²) in [7, 11) is 1.45. The van der Waals surface area contributed by atoms with Crippen molar-refractivity contribution in [1.82, 2.24) is 9.88 Å². The van der Waals surface area contributed by atoms with Gasteiger partial charge in [-0.3, -0.25) is 14.7 Å². The molecule has 18 heavy (non-hydrogen) atoms. The number of halogens is 1. The van der Waals surface area contributed by atoms with Crippen LogP contribution in [0.2, 0.25) is 5.02 Å². The van der Waals surface area contributed by atoms with Gasteiger partial charge in [0.25, 0.3) is 0 Å². The van der Waals surface area contributed by atoms with Gasteiger partial charge in [-0.15, -0.1) is 0 Å². The predicted molar refractivity (Wildman–Crippen MR) is 67.2 cm³/mol. The standard InChI is InChI=1S/C13H15ClN2O2/c1-18-13(17)12-8-4-6-16(12)10(7-8)11-9(14)3-2-5-15-11/h2-3,5,8,10,12H,4,6-7H2,1H3. The number of pyridine rings is 1. The highest BCUT2D eigenvalue weighted by atomic mass is 35.5. The molecule has 96 valence electrons. The second-order valence-electron chi connectivity index (χ2n) is 4.88. The van der Waals surface area contributed by atoms with Gasteiger partial charge in [0.05, 0.1) is 23.9 Å². The predicted octanol–water partition coefficient (Wildman–Crippen LogP) is 2.04. The van der Waals surface area contributed by atoms with Crippen LogP contribution in [0.3, 0.4) is 0 Å². The first-order chi connectivity index (χ1) is 8.72. The zero-order chi connectivity index (χ0) is 12.7. The van der Waals surface area contributed by atoms with Gasteiger partial charge in [-0.05, 0) is 30.9 Å². The molecule has 0 aromatic carbocycles. The van der Waals surface area contributed by atoms with E-state index in [0.717, 1.165) is 25.1 Å². The Morgan fingerprint density at radius 2 is 2.44 bits per heavy atom. The maximum atomic E-state index is 11.8. The summed E-state index contributed by atoms with van der Waals surface area (Å²) in [5.74, 6) is 0.243. The number of fused-ring (bicyclic) bond motifs is 2. The molecule has 2 fully saturated rings. The van der Waals surface area contributed by atoms with E-state index in [4.69, 9.17) is 16.3 Å². The van der Waals surface area contributed by atoms with Crippen molar-refractivity contribution in [3.8, 4) is 0 Å². The van der Waals surface area contributed by atoms with Crippen LogP contribution in [0.25, 0.3) is 0 Å². The molecule has 0 saturated carbocycles. The fourth-order valence-corrected chi connectivity index (χ4v) is 3.51. The molecule has 4 unspecified atom stereocenters. The fraction of sp³-hybridized carbons (Fsp3) is 0.538. The summed E-state index contributed by atoms with van der Waals surface area (Å²) >= 11 is 6.20. The van der Waals surface area contributed by atoms with Crippen molar-refractivity contribution in [2.75, 3.05) is 13.7 Å². The summed E-state index contributed by atoms with van der Waals surface area (Å²) in [5, 5.41) is 0.679. The van der Waals surface area contributed by atoms with Crippen LogP contribution in [-0.4, -0.2) is 35.5 Å². The molecule has 2 saturated heterocycles. The summed E-state index contributed by atoms with van der Waals surface area (Å²) in [6.07, 6.45) is 3.75. The number of esters is 1. The number of carbonyl (C=O) groups is 1. The highest BCUT2D eigenvalue weighted by Gasteiger charge is 2.51. The number of aromatic nitrogens is 1. The molecule has 2 aliphatic rings. The molecule has 5 heteroatoms. The van der Waals surface area contributed by atoms with Crippen LogP contribution in [0.4, 0.5) is 0 Å². The number of hydrogen-bond acceptors (Lipinski definition) is 4. The Kier molecular flexibility index (Phi) is 2.99. The summed E-state index contributed by atoms with van der Waals surface area (Å²) in [6, 6.07) is 3.72. The molecule has 2 aliphatic heterocycles. The summed E-state index contributed by atoms with van der Waals surface area (Å²) in [4.78, 5) is 18.4. The molecule has 1 aromatic heterocycles. The lowest BCUT2D eigenvalue weighted by atomic mass is 9.95. The van der Waals surface area contributed by atoms with E-state index in [1.54, 1.807) is 6.20 Å². The van der Waals surface area contributed by atoms with Crippen LogP contribution in [0, 0.1) is 5.92 Å². The maximum Gasteiger partial charge on any atom is 0.323 e. The largest absolute Gasteiger partial charge is 0.468 e. The van der Waals surface area contributed by atoms with E-state index in [0.29, 0.717) is 10.9 Å². The average molecular weight is 267 g/mol. The molecule has 3 heterocycles. The molecule has 0 spiro atoms. The van der Waals surface area contributed by atoms with Crippen molar-refractivity contribution in [3.63, 3.8) is 0 Å². The number of ether oxygens (including phenoxy) is 1. The van der Waals surface area contributed by atoms with E-state index in [1.165, 1.54) is 7.11 Å². The third-order valence-electron chi connectivity index (χ3n) is 4.03. The van der Waals surface area contributed by atoms with Gasteiger partial charge in [0.1, 0.15) is 6.04 Å². The highest BCUT2D eigenvalue weighted by molar-refractivity contribution is 6.31. The minimum atomic E-state index is -0.132. The molecule has 4 atom stereocenters. The second-order valence-corrected chi connectivity index (χ2v) is 5.28. The minimum Gasteiger partial charge on any atom is -0.468 e. The van der Waals surface area contributed by atoms with Gasteiger partial charge in [0.15, 0.2) is 0 Å². The van der Waals surface area contributed by atoms with Gasteiger partial charge in [0.2, 0.25) is 0 Å². The van der Waals surface area contributed by atoms with Crippen LogP contribution in [0.1, 0.15) is 24.6 Å². The molecule has 4 nitrogen and oxygen atoms in total. The van der Waals surface area contributed by atoms with E-state index < -0.39 is 0 Å². The number of carbonyl (C=O) groups excluding carboxylic acids is 1. The second kappa shape index (κ2) is 4.52. The number of methoxy groups -OCH3 is 1. The zero-order valence-corrected chi connectivity index (χ0v) is 10.9.